The number of fused-ring (bicyclic) bond motifs is 1. The summed E-state index contributed by atoms with van der Waals surface area (Å²) < 4.78 is 19.9. The number of carbonyl (C=O) groups excluding carboxylic acids is 1. The third-order valence-electron chi connectivity index (χ3n) is 7.04. The van der Waals surface area contributed by atoms with Crippen molar-refractivity contribution in [3.63, 3.8) is 0 Å². The number of thiophene rings is 1. The number of nitrogens with two attached hydrogens (primary N) is 1. The Morgan fingerprint density at radius 3 is 2.67 bits per heavy atom. The summed E-state index contributed by atoms with van der Waals surface area (Å²) in [5.41, 5.74) is 8.82. The average Bonchev–Trinajstić information content (AvgIpc) is 3.51. The van der Waals surface area contributed by atoms with Crippen LogP contribution >= 0.6 is 11.3 Å². The lowest BCUT2D eigenvalue weighted by molar-refractivity contribution is -0.111. The molecule has 1 fully saturated rings. The minimum absolute atomic E-state index is 0.269. The molecule has 1 aromatic heterocycles. The molecule has 0 bridgehead atoms. The number of allylic oxidation sites excluding steroid dienone is 1. The van der Waals surface area contributed by atoms with Gasteiger partial charge in [-0.2, -0.15) is 0 Å². The molecule has 2 aromatic rings. The predicted molar refractivity (Wildman–Crippen MR) is 143 cm³/mol. The zero-order valence-electron chi connectivity index (χ0n) is 20.9. The maximum absolute atomic E-state index is 13.6. The van der Waals surface area contributed by atoms with Crippen LogP contribution in [0.15, 0.2) is 41.5 Å². The molecule has 0 atom stereocenters. The molecule has 0 unspecified atom stereocenters. The van der Waals surface area contributed by atoms with Crippen LogP contribution < -0.4 is 16.4 Å². The summed E-state index contributed by atoms with van der Waals surface area (Å²) in [4.78, 5) is 18.9. The van der Waals surface area contributed by atoms with E-state index in [1.807, 2.05) is 19.9 Å². The van der Waals surface area contributed by atoms with E-state index in [9.17, 15) is 9.18 Å². The summed E-state index contributed by atoms with van der Waals surface area (Å²) >= 11 is 1.73. The fraction of sp³-hybridized carbons (Fsp3) is 0.444. The fourth-order valence-corrected chi connectivity index (χ4v) is 5.94. The Morgan fingerprint density at radius 2 is 1.92 bits per heavy atom. The molecule has 4 N–H and O–H groups in total. The second-order valence-corrected chi connectivity index (χ2v) is 11.0. The van der Waals surface area contributed by atoms with Gasteiger partial charge in [0.1, 0.15) is 17.2 Å². The van der Waals surface area contributed by atoms with Crippen molar-refractivity contribution in [2.24, 2.45) is 5.73 Å². The molecule has 4 heterocycles. The van der Waals surface area contributed by atoms with Crippen LogP contribution in [0.3, 0.4) is 0 Å². The van der Waals surface area contributed by atoms with Gasteiger partial charge < -0.3 is 21.1 Å². The van der Waals surface area contributed by atoms with Crippen LogP contribution in [0, 0.1) is 5.82 Å². The highest BCUT2D eigenvalue weighted by atomic mass is 32.1. The van der Waals surface area contributed by atoms with Gasteiger partial charge in [-0.05, 0) is 55.1 Å². The van der Waals surface area contributed by atoms with Gasteiger partial charge in [0, 0.05) is 74.9 Å². The molecule has 0 aliphatic carbocycles. The topological polar surface area (TPSA) is 82.9 Å². The first-order valence-corrected chi connectivity index (χ1v) is 13.4. The van der Waals surface area contributed by atoms with Gasteiger partial charge in [-0.25, -0.2) is 4.39 Å². The van der Waals surface area contributed by atoms with Crippen LogP contribution in [0.5, 0.6) is 0 Å². The van der Waals surface area contributed by atoms with Crippen molar-refractivity contribution in [2.45, 2.75) is 26.0 Å². The van der Waals surface area contributed by atoms with Crippen LogP contribution in [0.1, 0.15) is 29.9 Å². The Kier molecular flexibility index (Phi) is 7.28. The Morgan fingerprint density at radius 1 is 1.17 bits per heavy atom. The van der Waals surface area contributed by atoms with E-state index in [-0.39, 0.29) is 11.7 Å². The molecule has 1 amide bonds. The highest BCUT2D eigenvalue weighted by Crippen LogP contribution is 2.45. The third kappa shape index (κ3) is 5.26. The van der Waals surface area contributed by atoms with Crippen LogP contribution in [0.4, 0.5) is 10.1 Å². The molecule has 9 heteroatoms. The smallest absolute Gasteiger partial charge is 0.260 e. The van der Waals surface area contributed by atoms with E-state index < -0.39 is 5.60 Å². The van der Waals surface area contributed by atoms with Gasteiger partial charge >= 0.3 is 0 Å². The Hall–Kier alpha value is -2.56. The number of ether oxygens (including phenoxy) is 1. The molecular weight excluding hydrogens is 477 g/mol. The second kappa shape index (κ2) is 10.4. The number of piperazine rings is 1. The number of hydrogen-bond acceptors (Lipinski definition) is 7. The van der Waals surface area contributed by atoms with E-state index in [1.54, 1.807) is 17.4 Å². The van der Waals surface area contributed by atoms with E-state index in [0.717, 1.165) is 70.0 Å². The normalized spacial score (nSPS) is 21.9. The Labute approximate surface area is 215 Å². The summed E-state index contributed by atoms with van der Waals surface area (Å²) in [6.07, 6.45) is 1.96. The standard InChI is InChI=1S/C27H34FN5O2S/c1-27(2)22(15-24(35-27)25-21-4-3-19(28)14-23(21)31-26(25)34)18-13-20(36-17-18)16-30-6-8-33-11-9-32(7-5-29)10-12-33/h3-4,13-15,17,30H,5-12,16,29H2,1-2H3,(H,31,34)/b25-24+. The lowest BCUT2D eigenvalue weighted by Gasteiger charge is -2.34. The van der Waals surface area contributed by atoms with Crippen LogP contribution in [0.2, 0.25) is 0 Å². The van der Waals surface area contributed by atoms with E-state index in [0.29, 0.717) is 22.6 Å². The summed E-state index contributed by atoms with van der Waals surface area (Å²) in [6, 6.07) is 6.53. The summed E-state index contributed by atoms with van der Waals surface area (Å²) in [6.45, 7) is 13.0. The molecule has 0 radical (unpaired) electrons. The lowest BCUT2D eigenvalue weighted by atomic mass is 9.94. The number of anilines is 1. The highest BCUT2D eigenvalue weighted by Gasteiger charge is 2.38. The van der Waals surface area contributed by atoms with Gasteiger partial charge in [-0.1, -0.05) is 0 Å². The van der Waals surface area contributed by atoms with E-state index in [1.165, 1.54) is 17.0 Å². The summed E-state index contributed by atoms with van der Waals surface area (Å²) in [5, 5.41) is 8.47. The molecule has 0 saturated carbocycles. The first-order valence-electron chi connectivity index (χ1n) is 12.5. The van der Waals surface area contributed by atoms with Crippen molar-refractivity contribution in [3.8, 4) is 0 Å². The zero-order chi connectivity index (χ0) is 25.3. The molecular formula is C27H34FN5O2S. The molecule has 5 rings (SSSR count). The van der Waals surface area contributed by atoms with Gasteiger partial charge in [0.2, 0.25) is 0 Å². The number of halogens is 1. The fourth-order valence-electron chi connectivity index (χ4n) is 5.09. The molecule has 36 heavy (non-hydrogen) atoms. The highest BCUT2D eigenvalue weighted by molar-refractivity contribution is 7.10. The first kappa shape index (κ1) is 25.1. The van der Waals surface area contributed by atoms with Gasteiger partial charge in [0.15, 0.2) is 0 Å². The van der Waals surface area contributed by atoms with Crippen LogP contribution in [0.25, 0.3) is 11.1 Å². The van der Waals surface area contributed by atoms with Crippen LogP contribution in [-0.2, 0) is 16.1 Å². The van der Waals surface area contributed by atoms with E-state index >= 15 is 0 Å². The number of nitrogens with zero attached hydrogens (tertiary/aromatic N) is 2. The second-order valence-electron chi connectivity index (χ2n) is 10.0. The molecule has 3 aliphatic rings. The van der Waals surface area contributed by atoms with Gasteiger partial charge in [-0.3, -0.25) is 14.6 Å². The molecule has 3 aliphatic heterocycles. The van der Waals surface area contributed by atoms with Crippen molar-refractivity contribution >= 4 is 34.1 Å². The minimum atomic E-state index is -0.580. The van der Waals surface area contributed by atoms with Gasteiger partial charge in [0.25, 0.3) is 5.91 Å². The lowest BCUT2D eigenvalue weighted by Crippen LogP contribution is -2.49. The Bertz CT molecular complexity index is 1200. The largest absolute Gasteiger partial charge is 0.482 e. The number of hydrogen-bond donors (Lipinski definition) is 3. The number of carbonyl (C=O) groups is 1. The number of amides is 1. The maximum Gasteiger partial charge on any atom is 0.260 e. The zero-order valence-corrected chi connectivity index (χ0v) is 21.7. The SMILES string of the molecule is CC1(C)O/C(=C2/C(=O)Nc3cc(F)ccc32)C=C1c1csc(CNCCN2CCN(CCN)CC2)c1. The molecule has 1 aromatic carbocycles. The average molecular weight is 512 g/mol. The molecule has 0 spiro atoms. The quantitative estimate of drug-likeness (QED) is 0.373. The van der Waals surface area contributed by atoms with Gasteiger partial charge in [0.05, 0.1) is 11.3 Å². The van der Waals surface area contributed by atoms with Gasteiger partial charge in [-0.15, -0.1) is 11.3 Å². The van der Waals surface area contributed by atoms with E-state index in [2.05, 4.69) is 31.9 Å². The summed E-state index contributed by atoms with van der Waals surface area (Å²) in [7, 11) is 0. The van der Waals surface area contributed by atoms with Crippen molar-refractivity contribution in [2.75, 3.05) is 57.7 Å². The van der Waals surface area contributed by atoms with E-state index in [4.69, 9.17) is 10.5 Å². The number of rotatable bonds is 8. The Balaban J connectivity index is 1.22. The minimum Gasteiger partial charge on any atom is -0.482 e. The van der Waals surface area contributed by atoms with Crippen molar-refractivity contribution in [1.29, 1.82) is 0 Å². The monoisotopic (exact) mass is 511 g/mol. The van der Waals surface area contributed by atoms with Crippen LogP contribution in [-0.4, -0.2) is 73.7 Å². The number of nitrogens with one attached hydrogen (secondary N) is 2. The molecule has 192 valence electrons. The molecule has 7 nitrogen and oxygen atoms in total. The van der Waals surface area contributed by atoms with Crippen molar-refractivity contribution < 1.29 is 13.9 Å². The molecule has 1 saturated heterocycles. The van der Waals surface area contributed by atoms with Crippen molar-refractivity contribution in [1.82, 2.24) is 15.1 Å². The number of benzene rings is 1. The first-order chi connectivity index (χ1) is 17.3. The van der Waals surface area contributed by atoms with Crippen molar-refractivity contribution in [3.05, 3.63) is 63.3 Å². The summed E-state index contributed by atoms with van der Waals surface area (Å²) in [5.74, 6) is -0.126. The third-order valence-corrected chi connectivity index (χ3v) is 7.98. The predicted octanol–water partition coefficient (Wildman–Crippen LogP) is 3.11. The maximum atomic E-state index is 13.6.